The molecule has 0 bridgehead atoms. The lowest BCUT2D eigenvalue weighted by molar-refractivity contribution is 0.0977. The van der Waals surface area contributed by atoms with Crippen LogP contribution in [0.25, 0.3) is 0 Å². The summed E-state index contributed by atoms with van der Waals surface area (Å²) in [5.41, 5.74) is 5.92. The summed E-state index contributed by atoms with van der Waals surface area (Å²) in [5, 5.41) is 0. The fourth-order valence-corrected chi connectivity index (χ4v) is 2.10. The number of carbonyl (C=O) groups excluding carboxylic acids is 1. The number of hydrogen-bond donors (Lipinski definition) is 1. The molecule has 0 aliphatic heterocycles. The fraction of sp³-hybridized carbons (Fsp3) is 0.462. The Morgan fingerprint density at radius 2 is 2.11 bits per heavy atom. The van der Waals surface area contributed by atoms with Crippen LogP contribution in [-0.2, 0) is 0 Å². The van der Waals surface area contributed by atoms with Crippen LogP contribution in [0.5, 0.6) is 11.5 Å². The van der Waals surface area contributed by atoms with Gasteiger partial charge in [-0.25, -0.2) is 0 Å². The highest BCUT2D eigenvalue weighted by Crippen LogP contribution is 2.37. The quantitative estimate of drug-likeness (QED) is 0.820. The molecule has 1 rings (SSSR count). The molecule has 0 atom stereocenters. The Labute approximate surface area is 116 Å². The van der Waals surface area contributed by atoms with Gasteiger partial charge < -0.3 is 15.2 Å². The average molecular weight is 316 g/mol. The van der Waals surface area contributed by atoms with Gasteiger partial charge in [-0.2, -0.15) is 0 Å². The summed E-state index contributed by atoms with van der Waals surface area (Å²) in [5.74, 6) is 0.964. The second-order valence-corrected chi connectivity index (χ2v) is 4.94. The molecular formula is C13H18BrNO3. The van der Waals surface area contributed by atoms with E-state index in [1.54, 1.807) is 19.2 Å². The van der Waals surface area contributed by atoms with Crippen LogP contribution in [0.4, 0.5) is 0 Å². The standard InChI is InChI=1S/C13H18BrNO3/c1-8(2)18-13-11(17-3)5-4-9(14)12(13)10(16)6-7-15/h4-5,8H,6-7,15H2,1-3H3. The molecule has 0 spiro atoms. The summed E-state index contributed by atoms with van der Waals surface area (Å²) in [4.78, 5) is 12.1. The SMILES string of the molecule is COc1ccc(Br)c(C(=O)CCN)c1OC(C)C. The predicted octanol–water partition coefficient (Wildman–Crippen LogP) is 2.78. The second kappa shape index (κ2) is 6.75. The number of methoxy groups -OCH3 is 1. The van der Waals surface area contributed by atoms with Crippen molar-refractivity contribution in [2.75, 3.05) is 13.7 Å². The maximum Gasteiger partial charge on any atom is 0.173 e. The van der Waals surface area contributed by atoms with Crippen LogP contribution in [0, 0.1) is 0 Å². The summed E-state index contributed by atoms with van der Waals surface area (Å²) >= 11 is 3.37. The van der Waals surface area contributed by atoms with E-state index in [4.69, 9.17) is 15.2 Å². The molecule has 0 heterocycles. The van der Waals surface area contributed by atoms with E-state index in [1.807, 2.05) is 13.8 Å². The van der Waals surface area contributed by atoms with Crippen molar-refractivity contribution in [2.24, 2.45) is 5.73 Å². The molecule has 0 saturated heterocycles. The van der Waals surface area contributed by atoms with Gasteiger partial charge in [-0.05, 0) is 48.5 Å². The largest absolute Gasteiger partial charge is 0.493 e. The first-order valence-corrected chi connectivity index (χ1v) is 6.57. The molecule has 4 nitrogen and oxygen atoms in total. The van der Waals surface area contributed by atoms with E-state index in [0.717, 1.165) is 0 Å². The maximum absolute atomic E-state index is 12.1. The second-order valence-electron chi connectivity index (χ2n) is 4.08. The van der Waals surface area contributed by atoms with Gasteiger partial charge in [0.2, 0.25) is 0 Å². The lowest BCUT2D eigenvalue weighted by atomic mass is 10.1. The number of Topliss-reactive ketones (excluding diaryl/α,β-unsaturated/α-hetero) is 1. The van der Waals surface area contributed by atoms with Gasteiger partial charge in [-0.1, -0.05) is 0 Å². The molecule has 0 aliphatic rings. The van der Waals surface area contributed by atoms with Crippen molar-refractivity contribution in [3.63, 3.8) is 0 Å². The van der Waals surface area contributed by atoms with E-state index in [-0.39, 0.29) is 18.3 Å². The predicted molar refractivity (Wildman–Crippen MR) is 74.5 cm³/mol. The zero-order valence-corrected chi connectivity index (χ0v) is 12.4. The van der Waals surface area contributed by atoms with Crippen molar-refractivity contribution in [3.05, 3.63) is 22.2 Å². The zero-order valence-electron chi connectivity index (χ0n) is 10.8. The summed E-state index contributed by atoms with van der Waals surface area (Å²) in [6.45, 7) is 4.11. The molecule has 0 aromatic heterocycles. The first kappa shape index (κ1) is 15.0. The Morgan fingerprint density at radius 1 is 1.44 bits per heavy atom. The molecule has 0 saturated carbocycles. The van der Waals surface area contributed by atoms with E-state index in [2.05, 4.69) is 15.9 Å². The summed E-state index contributed by atoms with van der Waals surface area (Å²) in [7, 11) is 1.55. The maximum atomic E-state index is 12.1. The van der Waals surface area contributed by atoms with E-state index in [0.29, 0.717) is 28.1 Å². The normalized spacial score (nSPS) is 10.6. The van der Waals surface area contributed by atoms with Crippen molar-refractivity contribution in [1.29, 1.82) is 0 Å². The Balaban J connectivity index is 3.30. The van der Waals surface area contributed by atoms with Crippen molar-refractivity contribution in [1.82, 2.24) is 0 Å². The Kier molecular flexibility index (Phi) is 5.62. The van der Waals surface area contributed by atoms with Crippen LogP contribution in [0.15, 0.2) is 16.6 Å². The highest BCUT2D eigenvalue weighted by molar-refractivity contribution is 9.10. The minimum atomic E-state index is -0.0566. The third-order valence-corrected chi connectivity index (χ3v) is 2.96. The molecule has 2 N–H and O–H groups in total. The lowest BCUT2D eigenvalue weighted by Gasteiger charge is -2.17. The van der Waals surface area contributed by atoms with Crippen LogP contribution in [0.1, 0.15) is 30.6 Å². The molecule has 18 heavy (non-hydrogen) atoms. The van der Waals surface area contributed by atoms with Gasteiger partial charge in [0.25, 0.3) is 0 Å². The minimum absolute atomic E-state index is 0.0439. The lowest BCUT2D eigenvalue weighted by Crippen LogP contribution is -2.14. The molecule has 1 aromatic carbocycles. The molecule has 0 aliphatic carbocycles. The summed E-state index contributed by atoms with van der Waals surface area (Å²) in [6, 6.07) is 3.54. The van der Waals surface area contributed by atoms with Crippen LogP contribution in [0.3, 0.4) is 0 Å². The third kappa shape index (κ3) is 3.46. The van der Waals surface area contributed by atoms with Crippen LogP contribution >= 0.6 is 15.9 Å². The smallest absolute Gasteiger partial charge is 0.173 e. The number of ketones is 1. The summed E-state index contributed by atoms with van der Waals surface area (Å²) < 4.78 is 11.6. The van der Waals surface area contributed by atoms with Crippen molar-refractivity contribution >= 4 is 21.7 Å². The fourth-order valence-electron chi connectivity index (χ4n) is 1.57. The number of ether oxygens (including phenoxy) is 2. The van der Waals surface area contributed by atoms with Gasteiger partial charge in [-0.15, -0.1) is 0 Å². The van der Waals surface area contributed by atoms with Gasteiger partial charge >= 0.3 is 0 Å². The number of benzene rings is 1. The van der Waals surface area contributed by atoms with E-state index < -0.39 is 0 Å². The molecule has 0 fully saturated rings. The van der Waals surface area contributed by atoms with Crippen molar-refractivity contribution < 1.29 is 14.3 Å². The van der Waals surface area contributed by atoms with E-state index in [1.165, 1.54) is 0 Å². The first-order valence-electron chi connectivity index (χ1n) is 5.77. The van der Waals surface area contributed by atoms with Gasteiger partial charge in [0.05, 0.1) is 18.8 Å². The Morgan fingerprint density at radius 3 is 2.61 bits per heavy atom. The topological polar surface area (TPSA) is 61.5 Å². The highest BCUT2D eigenvalue weighted by atomic mass is 79.9. The molecule has 100 valence electrons. The Bertz CT molecular complexity index is 432. The number of nitrogens with two attached hydrogens (primary N) is 1. The molecule has 0 unspecified atom stereocenters. The molecule has 5 heteroatoms. The minimum Gasteiger partial charge on any atom is -0.493 e. The van der Waals surface area contributed by atoms with E-state index >= 15 is 0 Å². The number of halogens is 1. The molecule has 0 amide bonds. The highest BCUT2D eigenvalue weighted by Gasteiger charge is 2.21. The summed E-state index contributed by atoms with van der Waals surface area (Å²) in [6.07, 6.45) is 0.234. The number of carbonyl (C=O) groups is 1. The average Bonchev–Trinajstić information content (AvgIpc) is 2.29. The van der Waals surface area contributed by atoms with Crippen molar-refractivity contribution in [3.8, 4) is 11.5 Å². The number of rotatable bonds is 6. The van der Waals surface area contributed by atoms with Crippen molar-refractivity contribution in [2.45, 2.75) is 26.4 Å². The first-order chi connectivity index (χ1) is 8.51. The van der Waals surface area contributed by atoms with Gasteiger partial charge in [0.15, 0.2) is 17.3 Å². The third-order valence-electron chi connectivity index (χ3n) is 2.29. The van der Waals surface area contributed by atoms with Crippen LogP contribution in [0.2, 0.25) is 0 Å². The van der Waals surface area contributed by atoms with Gasteiger partial charge in [0.1, 0.15) is 0 Å². The molecular weight excluding hydrogens is 298 g/mol. The zero-order chi connectivity index (χ0) is 13.7. The van der Waals surface area contributed by atoms with Gasteiger partial charge in [0, 0.05) is 10.9 Å². The van der Waals surface area contributed by atoms with E-state index in [9.17, 15) is 4.79 Å². The van der Waals surface area contributed by atoms with Crippen LogP contribution in [-0.4, -0.2) is 25.5 Å². The monoisotopic (exact) mass is 315 g/mol. The number of hydrogen-bond acceptors (Lipinski definition) is 4. The Hall–Kier alpha value is -1.07. The molecule has 1 aromatic rings. The van der Waals surface area contributed by atoms with Gasteiger partial charge in [-0.3, -0.25) is 4.79 Å². The van der Waals surface area contributed by atoms with Crippen LogP contribution < -0.4 is 15.2 Å². The molecule has 0 radical (unpaired) electrons.